The molecule has 1 unspecified atom stereocenters. The van der Waals surface area contributed by atoms with Crippen molar-refractivity contribution >= 4 is 17.7 Å². The summed E-state index contributed by atoms with van der Waals surface area (Å²) in [7, 11) is 0. The fraction of sp³-hybridized carbons (Fsp3) is 0.143. The van der Waals surface area contributed by atoms with Gasteiger partial charge in [0.15, 0.2) is 0 Å². The molecule has 0 radical (unpaired) electrons. The van der Waals surface area contributed by atoms with Gasteiger partial charge in [-0.1, -0.05) is 78.5 Å². The molecular weight excluding hydrogens is 328 g/mol. The molecule has 4 heteroatoms. The summed E-state index contributed by atoms with van der Waals surface area (Å²) in [6, 6.07) is 25.6. The predicted molar refractivity (Wildman–Crippen MR) is 102 cm³/mol. The predicted octanol–water partition coefficient (Wildman–Crippen LogP) is 4.47. The van der Waals surface area contributed by atoms with Crippen molar-refractivity contribution in [2.45, 2.75) is 23.2 Å². The Morgan fingerprint density at radius 3 is 1.96 bits per heavy atom. The first-order valence-corrected chi connectivity index (χ1v) is 9.10. The first kappa shape index (κ1) is 17.2. The highest BCUT2D eigenvalue weighted by Crippen LogP contribution is 2.25. The van der Waals surface area contributed by atoms with Crippen molar-refractivity contribution in [3.8, 4) is 0 Å². The smallest absolute Gasteiger partial charge is 0.234 e. The first-order valence-electron chi connectivity index (χ1n) is 8.22. The second-order valence-corrected chi connectivity index (χ2v) is 7.05. The lowest BCUT2D eigenvalue weighted by molar-refractivity contribution is -0.120. The largest absolute Gasteiger partial charge is 0.344 e. The lowest BCUT2D eigenvalue weighted by Crippen LogP contribution is -2.34. The Bertz CT molecular complexity index is 754. The van der Waals surface area contributed by atoms with Gasteiger partial charge in [-0.25, -0.2) is 4.98 Å². The van der Waals surface area contributed by atoms with E-state index in [4.69, 9.17) is 0 Å². The van der Waals surface area contributed by atoms with Crippen LogP contribution < -0.4 is 5.32 Å². The molecule has 1 atom stereocenters. The van der Waals surface area contributed by atoms with Crippen molar-refractivity contribution in [3.05, 3.63) is 96.2 Å². The number of hydrogen-bond donors (Lipinski definition) is 1. The summed E-state index contributed by atoms with van der Waals surface area (Å²) in [4.78, 5) is 17.0. The first-order chi connectivity index (χ1) is 12.2. The number of nitrogens with zero attached hydrogens (tertiary/aromatic N) is 1. The van der Waals surface area contributed by atoms with Crippen LogP contribution in [-0.4, -0.2) is 16.1 Å². The molecule has 126 valence electrons. The third kappa shape index (κ3) is 4.70. The van der Waals surface area contributed by atoms with Crippen LogP contribution in [0.25, 0.3) is 0 Å². The molecule has 0 aliphatic rings. The Balaban J connectivity index is 1.77. The minimum Gasteiger partial charge on any atom is -0.344 e. The summed E-state index contributed by atoms with van der Waals surface area (Å²) in [5.41, 5.74) is 2.13. The summed E-state index contributed by atoms with van der Waals surface area (Å²) >= 11 is 1.46. The number of aromatic nitrogens is 1. The molecule has 0 saturated carbocycles. The van der Waals surface area contributed by atoms with Crippen molar-refractivity contribution in [1.29, 1.82) is 0 Å². The molecule has 0 spiro atoms. The second kappa shape index (κ2) is 8.49. The van der Waals surface area contributed by atoms with Crippen LogP contribution in [0.3, 0.4) is 0 Å². The van der Waals surface area contributed by atoms with E-state index in [-0.39, 0.29) is 17.2 Å². The number of hydrogen-bond acceptors (Lipinski definition) is 3. The average Bonchev–Trinajstić information content (AvgIpc) is 2.68. The van der Waals surface area contributed by atoms with Crippen LogP contribution in [0, 0.1) is 0 Å². The van der Waals surface area contributed by atoms with Crippen LogP contribution >= 0.6 is 11.8 Å². The van der Waals surface area contributed by atoms with Crippen molar-refractivity contribution in [1.82, 2.24) is 10.3 Å². The summed E-state index contributed by atoms with van der Waals surface area (Å²) < 4.78 is 0. The molecule has 2 aromatic carbocycles. The van der Waals surface area contributed by atoms with Crippen molar-refractivity contribution in [2.24, 2.45) is 0 Å². The molecule has 0 saturated heterocycles. The Morgan fingerprint density at radius 1 is 0.880 bits per heavy atom. The van der Waals surface area contributed by atoms with E-state index in [1.165, 1.54) is 11.8 Å². The maximum absolute atomic E-state index is 12.7. The van der Waals surface area contributed by atoms with Gasteiger partial charge >= 0.3 is 0 Å². The van der Waals surface area contributed by atoms with E-state index < -0.39 is 0 Å². The number of amides is 1. The van der Waals surface area contributed by atoms with Gasteiger partial charge in [0, 0.05) is 6.20 Å². The topological polar surface area (TPSA) is 42.0 Å². The van der Waals surface area contributed by atoms with Gasteiger partial charge in [-0.3, -0.25) is 4.79 Å². The standard InChI is InChI=1S/C21H20N2OS/c1-16(25-19-14-8-9-15-22-19)21(24)23-20(17-10-4-2-5-11-17)18-12-6-3-7-13-18/h2-16,20H,1H3,(H,23,24). The van der Waals surface area contributed by atoms with Gasteiger partial charge < -0.3 is 5.32 Å². The fourth-order valence-electron chi connectivity index (χ4n) is 2.56. The van der Waals surface area contributed by atoms with E-state index in [0.29, 0.717) is 0 Å². The zero-order chi connectivity index (χ0) is 17.5. The van der Waals surface area contributed by atoms with Gasteiger partial charge in [0.05, 0.1) is 16.3 Å². The Labute approximate surface area is 152 Å². The monoisotopic (exact) mass is 348 g/mol. The quantitative estimate of drug-likeness (QED) is 0.668. The number of carbonyl (C=O) groups excluding carboxylic acids is 1. The van der Waals surface area contributed by atoms with Gasteiger partial charge in [-0.15, -0.1) is 0 Å². The summed E-state index contributed by atoms with van der Waals surface area (Å²) in [5, 5.41) is 3.80. The molecule has 0 aliphatic carbocycles. The van der Waals surface area contributed by atoms with E-state index in [1.807, 2.05) is 85.8 Å². The molecule has 0 aliphatic heterocycles. The summed E-state index contributed by atoms with van der Waals surface area (Å²) in [5.74, 6) is -0.00615. The highest BCUT2D eigenvalue weighted by Gasteiger charge is 2.21. The number of pyridine rings is 1. The molecule has 3 aromatic rings. The Morgan fingerprint density at radius 2 is 1.44 bits per heavy atom. The molecule has 1 amide bonds. The van der Waals surface area contributed by atoms with E-state index in [1.54, 1.807) is 6.20 Å². The average molecular weight is 348 g/mol. The molecule has 1 heterocycles. The van der Waals surface area contributed by atoms with Crippen LogP contribution in [0.1, 0.15) is 24.1 Å². The number of nitrogens with one attached hydrogen (secondary N) is 1. The van der Waals surface area contributed by atoms with Crippen LogP contribution in [0.2, 0.25) is 0 Å². The van der Waals surface area contributed by atoms with Gasteiger partial charge in [-0.05, 0) is 30.2 Å². The van der Waals surface area contributed by atoms with Crippen LogP contribution in [0.5, 0.6) is 0 Å². The third-order valence-electron chi connectivity index (χ3n) is 3.86. The number of carbonyl (C=O) groups is 1. The zero-order valence-electron chi connectivity index (χ0n) is 14.0. The number of thioether (sulfide) groups is 1. The zero-order valence-corrected chi connectivity index (χ0v) is 14.8. The van der Waals surface area contributed by atoms with E-state index in [9.17, 15) is 4.79 Å². The maximum Gasteiger partial charge on any atom is 0.234 e. The lowest BCUT2D eigenvalue weighted by atomic mass is 9.98. The summed E-state index contributed by atoms with van der Waals surface area (Å²) in [6.07, 6.45) is 1.74. The Hall–Kier alpha value is -2.59. The van der Waals surface area contributed by atoms with Crippen LogP contribution in [0.4, 0.5) is 0 Å². The fourth-order valence-corrected chi connectivity index (χ4v) is 3.38. The molecule has 1 aromatic heterocycles. The van der Waals surface area contributed by atoms with Crippen molar-refractivity contribution in [3.63, 3.8) is 0 Å². The molecule has 1 N–H and O–H groups in total. The molecule has 3 nitrogen and oxygen atoms in total. The minimum atomic E-state index is -0.232. The van der Waals surface area contributed by atoms with E-state index in [0.717, 1.165) is 16.2 Å². The van der Waals surface area contributed by atoms with Gasteiger partial charge in [0.25, 0.3) is 0 Å². The van der Waals surface area contributed by atoms with Crippen molar-refractivity contribution in [2.75, 3.05) is 0 Å². The highest BCUT2D eigenvalue weighted by molar-refractivity contribution is 8.00. The summed E-state index contributed by atoms with van der Waals surface area (Å²) in [6.45, 7) is 1.90. The molecular formula is C21H20N2OS. The molecule has 0 fully saturated rings. The van der Waals surface area contributed by atoms with Gasteiger partial charge in [0.2, 0.25) is 5.91 Å². The Kier molecular flexibility index (Phi) is 5.86. The number of rotatable bonds is 6. The van der Waals surface area contributed by atoms with Gasteiger partial charge in [-0.2, -0.15) is 0 Å². The van der Waals surface area contributed by atoms with Crippen LogP contribution in [0.15, 0.2) is 90.1 Å². The minimum absolute atomic E-state index is 0.00615. The normalized spacial score (nSPS) is 11.9. The lowest BCUT2D eigenvalue weighted by Gasteiger charge is -2.22. The molecule has 0 bridgehead atoms. The maximum atomic E-state index is 12.7. The van der Waals surface area contributed by atoms with Crippen molar-refractivity contribution < 1.29 is 4.79 Å². The second-order valence-electron chi connectivity index (χ2n) is 5.69. The van der Waals surface area contributed by atoms with Gasteiger partial charge in [0.1, 0.15) is 0 Å². The third-order valence-corrected chi connectivity index (χ3v) is 4.91. The SMILES string of the molecule is CC(Sc1ccccn1)C(=O)NC(c1ccccc1)c1ccccc1. The van der Waals surface area contributed by atoms with E-state index in [2.05, 4.69) is 10.3 Å². The number of benzene rings is 2. The van der Waals surface area contributed by atoms with Crippen LogP contribution in [-0.2, 0) is 4.79 Å². The van der Waals surface area contributed by atoms with E-state index >= 15 is 0 Å². The highest BCUT2D eigenvalue weighted by atomic mass is 32.2. The molecule has 3 rings (SSSR count). The molecule has 25 heavy (non-hydrogen) atoms.